The van der Waals surface area contributed by atoms with E-state index in [2.05, 4.69) is 27.7 Å². The summed E-state index contributed by atoms with van der Waals surface area (Å²) in [6.45, 7) is 10.6. The molecule has 0 unspecified atom stereocenters. The van der Waals surface area contributed by atoms with Crippen molar-refractivity contribution in [2.24, 2.45) is 0 Å². The minimum Gasteiger partial charge on any atom is -0.462 e. The first-order valence-corrected chi connectivity index (χ1v) is 31.3. The van der Waals surface area contributed by atoms with Gasteiger partial charge in [-0.2, -0.15) is 0 Å². The van der Waals surface area contributed by atoms with E-state index in [0.29, 0.717) is 48.7 Å². The molecule has 0 aromatic heterocycles. The van der Waals surface area contributed by atoms with Crippen LogP contribution in [0, 0.1) is 0 Å². The maximum absolute atomic E-state index is 12.6. The zero-order valence-corrected chi connectivity index (χ0v) is 48.4. The lowest BCUT2D eigenvalue weighted by molar-refractivity contribution is 0.0450. The van der Waals surface area contributed by atoms with Crippen molar-refractivity contribution in [3.63, 3.8) is 0 Å². The van der Waals surface area contributed by atoms with E-state index >= 15 is 0 Å². The largest absolute Gasteiger partial charge is 0.462 e. The van der Waals surface area contributed by atoms with Crippen LogP contribution in [0.2, 0.25) is 0 Å². The van der Waals surface area contributed by atoms with Gasteiger partial charge in [0.05, 0.1) is 48.7 Å². The van der Waals surface area contributed by atoms with Gasteiger partial charge in [0.1, 0.15) is 0 Å². The fourth-order valence-corrected chi connectivity index (χ4v) is 9.36. The minimum absolute atomic E-state index is 0.303. The lowest BCUT2D eigenvalue weighted by atomic mass is 10.1. The summed E-state index contributed by atoms with van der Waals surface area (Å²) in [7, 11) is 0. The number of benzene rings is 2. The Morgan fingerprint density at radius 1 is 0.230 bits per heavy atom. The van der Waals surface area contributed by atoms with Crippen LogP contribution in [0.5, 0.6) is 0 Å². The van der Waals surface area contributed by atoms with Crippen molar-refractivity contribution in [3.8, 4) is 0 Å². The molecule has 0 atom stereocenters. The summed E-state index contributed by atoms with van der Waals surface area (Å²) in [6, 6.07) is 13.7. The average molecular weight is 1030 g/mol. The van der Waals surface area contributed by atoms with Crippen molar-refractivity contribution < 1.29 is 38.1 Å². The summed E-state index contributed by atoms with van der Waals surface area (Å²) in [5.74, 6) is -1.73. The molecule has 0 heterocycles. The molecule has 0 N–H and O–H groups in total. The number of esters is 4. The number of carbonyl (C=O) groups excluding carboxylic acids is 4. The van der Waals surface area contributed by atoms with Crippen molar-refractivity contribution in [2.75, 3.05) is 26.4 Å². The second-order valence-corrected chi connectivity index (χ2v) is 21.1. The molecule has 0 aliphatic carbocycles. The molecule has 0 saturated carbocycles. The van der Waals surface area contributed by atoms with Gasteiger partial charge in [0, 0.05) is 0 Å². The smallest absolute Gasteiger partial charge is 0.339 e. The molecule has 0 radical (unpaired) electrons. The summed E-state index contributed by atoms with van der Waals surface area (Å²) < 4.78 is 21.9. The second kappa shape index (κ2) is 52.7. The minimum atomic E-state index is -0.433. The normalized spacial score (nSPS) is 11.0. The van der Waals surface area contributed by atoms with E-state index in [1.54, 1.807) is 48.5 Å². The molecule has 2 aromatic carbocycles. The molecule has 0 aliphatic rings. The van der Waals surface area contributed by atoms with Gasteiger partial charge in [-0.15, -0.1) is 0 Å². The molecule has 0 spiro atoms. The first kappa shape index (κ1) is 68.3. The van der Waals surface area contributed by atoms with Gasteiger partial charge < -0.3 is 18.9 Å². The number of hydrogen-bond acceptors (Lipinski definition) is 8. The third-order valence-electron chi connectivity index (χ3n) is 14.2. The molecule has 8 heteroatoms. The first-order valence-electron chi connectivity index (χ1n) is 31.3. The number of rotatable bonds is 50. The van der Waals surface area contributed by atoms with E-state index < -0.39 is 23.9 Å². The second-order valence-electron chi connectivity index (χ2n) is 21.1. The topological polar surface area (TPSA) is 105 Å². The fraction of sp³-hybridized carbons (Fsp3) is 0.758. The molecule has 0 fully saturated rings. The van der Waals surface area contributed by atoms with Crippen LogP contribution in [0.4, 0.5) is 0 Å². The number of carbonyl (C=O) groups is 4. The molecule has 0 bridgehead atoms. The Labute approximate surface area is 454 Å². The summed E-state index contributed by atoms with van der Waals surface area (Å²) in [6.07, 6.45) is 52.4. The SMILES string of the molecule is CCCCCCCCCCCCCOC(=O)c1ccccc1C(=O)OCCCCCCCCCCCCC.CCCCCCCCCCCCOC(=O)c1ccccc1C(=O)OCCCCCCCCCCCC. The highest BCUT2D eigenvalue weighted by Crippen LogP contribution is 2.18. The molecule has 0 amide bonds. The van der Waals surface area contributed by atoms with Gasteiger partial charge in [-0.3, -0.25) is 0 Å². The van der Waals surface area contributed by atoms with E-state index in [4.69, 9.17) is 18.9 Å². The molecular weight excluding hydrogens is 921 g/mol. The summed E-state index contributed by atoms with van der Waals surface area (Å²) >= 11 is 0. The zero-order chi connectivity index (χ0) is 53.6. The van der Waals surface area contributed by atoms with E-state index in [9.17, 15) is 19.2 Å². The van der Waals surface area contributed by atoms with Crippen molar-refractivity contribution in [2.45, 2.75) is 297 Å². The van der Waals surface area contributed by atoms with Crippen LogP contribution in [0.3, 0.4) is 0 Å². The van der Waals surface area contributed by atoms with Crippen LogP contribution >= 0.6 is 0 Å². The lowest BCUT2D eigenvalue weighted by Gasteiger charge is -2.10. The summed E-state index contributed by atoms with van der Waals surface area (Å²) in [5, 5.41) is 0. The Morgan fingerprint density at radius 3 is 0.514 bits per heavy atom. The van der Waals surface area contributed by atoms with Crippen LogP contribution in [0.15, 0.2) is 48.5 Å². The lowest BCUT2D eigenvalue weighted by Crippen LogP contribution is -2.15. The van der Waals surface area contributed by atoms with Gasteiger partial charge in [-0.1, -0.05) is 296 Å². The molecule has 2 rings (SSSR count). The van der Waals surface area contributed by atoms with E-state index in [1.165, 1.54) is 218 Å². The van der Waals surface area contributed by atoms with Gasteiger partial charge in [0.25, 0.3) is 0 Å². The summed E-state index contributed by atoms with van der Waals surface area (Å²) in [5.41, 5.74) is 1.22. The van der Waals surface area contributed by atoms with Crippen LogP contribution < -0.4 is 0 Å². The highest BCUT2D eigenvalue weighted by Gasteiger charge is 2.20. The molecule has 0 aliphatic heterocycles. The maximum atomic E-state index is 12.6. The Kier molecular flexibility index (Phi) is 48.7. The number of unbranched alkanes of at least 4 members (excludes halogenated alkanes) is 38. The quantitative estimate of drug-likeness (QED) is 0.0367. The van der Waals surface area contributed by atoms with Crippen LogP contribution in [0.25, 0.3) is 0 Å². The van der Waals surface area contributed by atoms with Gasteiger partial charge in [-0.05, 0) is 49.9 Å². The zero-order valence-electron chi connectivity index (χ0n) is 48.4. The third-order valence-corrected chi connectivity index (χ3v) is 14.2. The standard InChI is InChI=1S/C34H58O4.C32H54O4/c1-3-5-7-9-11-13-15-17-19-21-25-29-37-33(35)31-27-23-24-28-32(31)34(36)38-30-26-22-20-18-16-14-12-10-8-6-4-2;1-3-5-7-9-11-13-15-17-19-23-27-35-31(33)29-25-21-22-26-30(29)32(34)36-28-24-20-18-16-14-12-10-8-6-4-2/h23-24,27-28H,3-22,25-26,29-30H2,1-2H3;21-22,25-26H,3-20,23-24,27-28H2,1-2H3. The van der Waals surface area contributed by atoms with E-state index in [0.717, 1.165) is 51.4 Å². The highest BCUT2D eigenvalue weighted by atomic mass is 16.5. The number of ether oxygens (including phenoxy) is 4. The Hall–Kier alpha value is -3.68. The average Bonchev–Trinajstić information content (AvgIpc) is 3.42. The van der Waals surface area contributed by atoms with Crippen LogP contribution in [-0.4, -0.2) is 50.3 Å². The number of hydrogen-bond donors (Lipinski definition) is 0. The van der Waals surface area contributed by atoms with Gasteiger partial charge in [0.2, 0.25) is 0 Å². The monoisotopic (exact) mass is 1030 g/mol. The molecule has 0 saturated heterocycles. The highest BCUT2D eigenvalue weighted by molar-refractivity contribution is 6.03. The maximum Gasteiger partial charge on any atom is 0.339 e. The van der Waals surface area contributed by atoms with E-state index in [1.807, 2.05) is 0 Å². The third kappa shape index (κ3) is 39.7. The van der Waals surface area contributed by atoms with Crippen LogP contribution in [0.1, 0.15) is 339 Å². The Bertz CT molecular complexity index is 1490. The van der Waals surface area contributed by atoms with Gasteiger partial charge >= 0.3 is 23.9 Å². The van der Waals surface area contributed by atoms with Gasteiger partial charge in [-0.25, -0.2) is 19.2 Å². The molecule has 424 valence electrons. The predicted octanol–water partition coefficient (Wildman–Crippen LogP) is 20.5. The summed E-state index contributed by atoms with van der Waals surface area (Å²) in [4.78, 5) is 50.3. The van der Waals surface area contributed by atoms with E-state index in [-0.39, 0.29) is 0 Å². The molecule has 74 heavy (non-hydrogen) atoms. The van der Waals surface area contributed by atoms with Gasteiger partial charge in [0.15, 0.2) is 0 Å². The van der Waals surface area contributed by atoms with Crippen LogP contribution in [-0.2, 0) is 18.9 Å². The Morgan fingerprint density at radius 2 is 0.365 bits per heavy atom. The molecule has 2 aromatic rings. The van der Waals surface area contributed by atoms with Crippen molar-refractivity contribution in [1.29, 1.82) is 0 Å². The molecular formula is C66H112O8. The van der Waals surface area contributed by atoms with Crippen molar-refractivity contribution in [1.82, 2.24) is 0 Å². The first-order chi connectivity index (χ1) is 36.4. The van der Waals surface area contributed by atoms with Crippen molar-refractivity contribution in [3.05, 3.63) is 70.8 Å². The Balaban J connectivity index is 0.000000741. The fourth-order valence-electron chi connectivity index (χ4n) is 9.36. The predicted molar refractivity (Wildman–Crippen MR) is 311 cm³/mol. The molecule has 8 nitrogen and oxygen atoms in total. The van der Waals surface area contributed by atoms with Crippen molar-refractivity contribution >= 4 is 23.9 Å².